The number of rotatable bonds is 3. The molecule has 0 spiro atoms. The molecule has 4 heteroatoms. The molecule has 1 aromatic rings. The minimum Gasteiger partial charge on any atom is -0.329 e. The molecule has 1 atom stereocenters. The van der Waals surface area contributed by atoms with Gasteiger partial charge in [-0.1, -0.05) is 6.07 Å². The van der Waals surface area contributed by atoms with Crippen molar-refractivity contribution in [3.63, 3.8) is 0 Å². The maximum Gasteiger partial charge on any atom is 0.258 e. The molecule has 0 aliphatic carbocycles. The van der Waals surface area contributed by atoms with Gasteiger partial charge in [0.25, 0.3) is 5.91 Å². The number of nitrogens with two attached hydrogens (primary N) is 1. The van der Waals surface area contributed by atoms with E-state index in [-0.39, 0.29) is 11.9 Å². The highest BCUT2D eigenvalue weighted by molar-refractivity contribution is 6.04. The standard InChI is InChI=1S/C14H21N3O/c1-8-5-6-12(7-9(8)2)17-14(18)13(10(3)15)11(4)16/h5-7,10H,15-16H2,1-4H3,(H,17,18)/p+1. The monoisotopic (exact) mass is 248 g/mol. The van der Waals surface area contributed by atoms with Gasteiger partial charge in [0, 0.05) is 18.7 Å². The Kier molecular flexibility index (Phi) is 4.64. The first-order valence-electron chi connectivity index (χ1n) is 6.00. The highest BCUT2D eigenvalue weighted by atomic mass is 16.1. The molecule has 1 unspecified atom stereocenters. The third kappa shape index (κ3) is 3.42. The van der Waals surface area contributed by atoms with Crippen LogP contribution in [0, 0.1) is 13.8 Å². The number of allylic oxidation sites excluding steroid dienone is 1. The molecule has 0 heterocycles. The number of aryl methyl sites for hydroxylation is 2. The quantitative estimate of drug-likeness (QED) is 0.700. The number of quaternary nitrogens is 1. The van der Waals surface area contributed by atoms with Gasteiger partial charge in [0.15, 0.2) is 0 Å². The molecule has 0 fully saturated rings. The maximum absolute atomic E-state index is 12.1. The van der Waals surface area contributed by atoms with Gasteiger partial charge >= 0.3 is 0 Å². The SMILES string of the molecule is CC([NH3+])=C(C(=O)Nc1ccc(C)c(C)c1)C(C)N. The van der Waals surface area contributed by atoms with Crippen molar-refractivity contribution in [3.05, 3.63) is 40.6 Å². The van der Waals surface area contributed by atoms with Crippen molar-refractivity contribution in [2.24, 2.45) is 5.73 Å². The number of nitrogens with one attached hydrogen (secondary N) is 1. The number of benzene rings is 1. The summed E-state index contributed by atoms with van der Waals surface area (Å²) in [6.45, 7) is 7.62. The smallest absolute Gasteiger partial charge is 0.258 e. The summed E-state index contributed by atoms with van der Waals surface area (Å²) in [5.41, 5.74) is 13.9. The van der Waals surface area contributed by atoms with Crippen LogP contribution in [0.5, 0.6) is 0 Å². The summed E-state index contributed by atoms with van der Waals surface area (Å²) < 4.78 is 0. The van der Waals surface area contributed by atoms with E-state index in [2.05, 4.69) is 11.1 Å². The fourth-order valence-electron chi connectivity index (χ4n) is 1.81. The van der Waals surface area contributed by atoms with Crippen molar-refractivity contribution in [1.29, 1.82) is 0 Å². The zero-order valence-electron chi connectivity index (χ0n) is 11.5. The number of amides is 1. The van der Waals surface area contributed by atoms with E-state index in [1.54, 1.807) is 13.8 Å². The summed E-state index contributed by atoms with van der Waals surface area (Å²) in [6, 6.07) is 5.49. The molecular formula is C14H22N3O+. The van der Waals surface area contributed by atoms with Crippen LogP contribution >= 0.6 is 0 Å². The average Bonchev–Trinajstić information content (AvgIpc) is 2.22. The van der Waals surface area contributed by atoms with E-state index in [0.29, 0.717) is 11.3 Å². The van der Waals surface area contributed by atoms with E-state index in [9.17, 15) is 4.79 Å². The van der Waals surface area contributed by atoms with Crippen LogP contribution in [-0.2, 0) is 4.79 Å². The van der Waals surface area contributed by atoms with Crippen LogP contribution in [0.3, 0.4) is 0 Å². The molecule has 0 saturated heterocycles. The molecule has 0 radical (unpaired) electrons. The molecule has 0 aliphatic heterocycles. The normalized spacial score (nSPS) is 13.9. The molecule has 0 aliphatic rings. The fourth-order valence-corrected chi connectivity index (χ4v) is 1.81. The largest absolute Gasteiger partial charge is 0.329 e. The van der Waals surface area contributed by atoms with Gasteiger partial charge in [-0.15, -0.1) is 0 Å². The minimum absolute atomic E-state index is 0.180. The Morgan fingerprint density at radius 2 is 1.94 bits per heavy atom. The Morgan fingerprint density at radius 1 is 1.33 bits per heavy atom. The van der Waals surface area contributed by atoms with Gasteiger partial charge < -0.3 is 16.8 Å². The summed E-state index contributed by atoms with van der Waals surface area (Å²) in [5, 5.41) is 2.86. The van der Waals surface area contributed by atoms with Crippen LogP contribution < -0.4 is 16.8 Å². The number of carbonyl (C=O) groups is 1. The molecule has 1 aromatic carbocycles. The number of hydrogen-bond acceptors (Lipinski definition) is 2. The maximum atomic E-state index is 12.1. The fraction of sp³-hybridized carbons (Fsp3) is 0.357. The summed E-state index contributed by atoms with van der Waals surface area (Å²) in [5.74, 6) is -0.180. The van der Waals surface area contributed by atoms with E-state index in [1.807, 2.05) is 32.0 Å². The van der Waals surface area contributed by atoms with Crippen LogP contribution in [0.1, 0.15) is 25.0 Å². The zero-order valence-corrected chi connectivity index (χ0v) is 11.5. The van der Waals surface area contributed by atoms with Crippen molar-refractivity contribution in [1.82, 2.24) is 0 Å². The second-order valence-corrected chi connectivity index (χ2v) is 4.74. The van der Waals surface area contributed by atoms with Gasteiger partial charge in [-0.2, -0.15) is 0 Å². The van der Waals surface area contributed by atoms with Crippen molar-refractivity contribution < 1.29 is 10.5 Å². The second-order valence-electron chi connectivity index (χ2n) is 4.74. The minimum atomic E-state index is -0.325. The molecule has 4 nitrogen and oxygen atoms in total. The van der Waals surface area contributed by atoms with Crippen LogP contribution in [0.4, 0.5) is 5.69 Å². The molecule has 18 heavy (non-hydrogen) atoms. The molecular weight excluding hydrogens is 226 g/mol. The topological polar surface area (TPSA) is 82.8 Å². The Balaban J connectivity index is 2.94. The first kappa shape index (κ1) is 14.4. The molecule has 0 aromatic heterocycles. The predicted molar refractivity (Wildman–Crippen MR) is 73.8 cm³/mol. The number of carbonyl (C=O) groups excluding carboxylic acids is 1. The Morgan fingerprint density at radius 3 is 2.39 bits per heavy atom. The van der Waals surface area contributed by atoms with E-state index in [0.717, 1.165) is 11.3 Å². The lowest BCUT2D eigenvalue weighted by Gasteiger charge is -2.12. The Hall–Kier alpha value is -1.65. The summed E-state index contributed by atoms with van der Waals surface area (Å²) in [4.78, 5) is 12.1. The lowest BCUT2D eigenvalue weighted by molar-refractivity contribution is -0.303. The van der Waals surface area contributed by atoms with Gasteiger partial charge in [0.1, 0.15) is 5.70 Å². The Labute approximate surface area is 108 Å². The zero-order chi connectivity index (χ0) is 13.9. The molecule has 1 amide bonds. The molecule has 0 bridgehead atoms. The van der Waals surface area contributed by atoms with E-state index >= 15 is 0 Å². The molecule has 98 valence electrons. The van der Waals surface area contributed by atoms with Gasteiger partial charge in [-0.25, -0.2) is 0 Å². The van der Waals surface area contributed by atoms with E-state index in [4.69, 9.17) is 5.73 Å². The predicted octanol–water partition coefficient (Wildman–Crippen LogP) is 1.11. The summed E-state index contributed by atoms with van der Waals surface area (Å²) in [7, 11) is 0. The third-order valence-electron chi connectivity index (χ3n) is 2.92. The Bertz CT molecular complexity index is 486. The molecule has 0 saturated carbocycles. The van der Waals surface area contributed by atoms with Crippen LogP contribution in [-0.4, -0.2) is 11.9 Å². The highest BCUT2D eigenvalue weighted by Gasteiger charge is 2.18. The average molecular weight is 248 g/mol. The number of hydrogen-bond donors (Lipinski definition) is 3. The van der Waals surface area contributed by atoms with Crippen molar-refractivity contribution >= 4 is 11.6 Å². The summed E-state index contributed by atoms with van der Waals surface area (Å²) >= 11 is 0. The van der Waals surface area contributed by atoms with Gasteiger partial charge in [0.2, 0.25) is 0 Å². The lowest BCUT2D eigenvalue weighted by atomic mass is 10.1. The van der Waals surface area contributed by atoms with Crippen molar-refractivity contribution in [2.45, 2.75) is 33.7 Å². The van der Waals surface area contributed by atoms with Crippen molar-refractivity contribution in [2.75, 3.05) is 5.32 Å². The number of anilines is 1. The van der Waals surface area contributed by atoms with E-state index < -0.39 is 0 Å². The summed E-state index contributed by atoms with van der Waals surface area (Å²) in [6.07, 6.45) is 0. The first-order chi connectivity index (χ1) is 8.32. The van der Waals surface area contributed by atoms with E-state index in [1.165, 1.54) is 5.56 Å². The van der Waals surface area contributed by atoms with Gasteiger partial charge in [-0.05, 0) is 44.0 Å². The van der Waals surface area contributed by atoms with Crippen LogP contribution in [0.25, 0.3) is 0 Å². The van der Waals surface area contributed by atoms with Crippen LogP contribution in [0.2, 0.25) is 0 Å². The van der Waals surface area contributed by atoms with Crippen LogP contribution in [0.15, 0.2) is 29.5 Å². The van der Waals surface area contributed by atoms with Gasteiger partial charge in [0.05, 0.1) is 5.57 Å². The van der Waals surface area contributed by atoms with Crippen molar-refractivity contribution in [3.8, 4) is 0 Å². The first-order valence-corrected chi connectivity index (χ1v) is 6.00. The third-order valence-corrected chi connectivity index (χ3v) is 2.92. The lowest BCUT2D eigenvalue weighted by Crippen LogP contribution is -2.50. The van der Waals surface area contributed by atoms with Gasteiger partial charge in [-0.3, -0.25) is 4.79 Å². The molecule has 6 N–H and O–H groups in total. The second kappa shape index (κ2) is 5.80. The molecule has 1 rings (SSSR count). The highest BCUT2D eigenvalue weighted by Crippen LogP contribution is 2.15.